The maximum Gasteiger partial charge on any atom is 0.243 e. The number of aliphatic hydroxyl groups is 1. The predicted molar refractivity (Wildman–Crippen MR) is 321 cm³/mol. The van der Waals surface area contributed by atoms with E-state index in [4.69, 9.17) is 35.5 Å². The standard InChI is InChI=1S/C63H83ClN6O11S2/c1-40(2)81-56-35-51(42(5)30-48(56)32-58-65-37-53(64)54(68-58)31-47-12-10-11-13-57(47)83(76,77)41(3)4)45-18-22-69(23-19-45)59(73)21-25-79-27-29-80-28-26-78-24-20-49(71)33-52(63(7,8)9)62(75)70-38-50(72)34-55(70)61(74)66-36-44-14-16-46(17-15-44)60-43(6)67-39-82-60/h10-17,30,35,37,39-41,45,50,52,55,72H,18-29,31-34,36,38H2,1-9H3,(H,66,74)/t50-,52-,55+/m1/s1. The number of hydrogen-bond donors (Lipinski definition) is 2. The van der Waals surface area contributed by atoms with Gasteiger partial charge in [0.05, 0.1) is 95.2 Å². The number of benzene rings is 3. The molecule has 2 fully saturated rings. The number of aromatic nitrogens is 3. The molecule has 3 atom stereocenters. The molecule has 3 aromatic carbocycles. The average Bonchev–Trinajstić information content (AvgIpc) is 4.16. The van der Waals surface area contributed by atoms with Crippen LogP contribution in [0.15, 0.2) is 77.3 Å². The molecular formula is C63H83ClN6O11S2. The number of ether oxygens (including phenoxy) is 4. The number of thiazole rings is 1. The molecule has 2 aliphatic rings. The van der Waals surface area contributed by atoms with Gasteiger partial charge in [-0.15, -0.1) is 11.3 Å². The van der Waals surface area contributed by atoms with Gasteiger partial charge >= 0.3 is 0 Å². The van der Waals surface area contributed by atoms with E-state index in [1.165, 1.54) is 10.5 Å². The molecule has 0 bridgehead atoms. The first kappa shape index (κ1) is 64.9. The van der Waals surface area contributed by atoms with Crippen LogP contribution in [0.2, 0.25) is 5.02 Å². The van der Waals surface area contributed by atoms with Crippen molar-refractivity contribution in [1.82, 2.24) is 30.1 Å². The quantitative estimate of drug-likeness (QED) is 0.0446. The summed E-state index contributed by atoms with van der Waals surface area (Å²) in [4.78, 5) is 72.5. The predicted octanol–water partition coefficient (Wildman–Crippen LogP) is 9.46. The minimum atomic E-state index is -3.52. The fourth-order valence-electron chi connectivity index (χ4n) is 10.6. The maximum atomic E-state index is 14.1. The number of hydrogen-bond acceptors (Lipinski definition) is 15. The van der Waals surface area contributed by atoms with Crippen LogP contribution in [0.3, 0.4) is 0 Å². The van der Waals surface area contributed by atoms with Gasteiger partial charge in [0.25, 0.3) is 0 Å². The van der Waals surface area contributed by atoms with E-state index < -0.39 is 38.6 Å². The van der Waals surface area contributed by atoms with Gasteiger partial charge < -0.3 is 39.2 Å². The van der Waals surface area contributed by atoms with Gasteiger partial charge in [0.1, 0.15) is 23.4 Å². The topological polar surface area (TPSA) is 217 Å². The van der Waals surface area contributed by atoms with Crippen LogP contribution in [-0.4, -0.2) is 145 Å². The van der Waals surface area contributed by atoms with Crippen molar-refractivity contribution in [2.75, 3.05) is 59.3 Å². The number of aryl methyl sites for hydroxylation is 2. The number of piperidine rings is 1. The summed E-state index contributed by atoms with van der Waals surface area (Å²) in [6.45, 7) is 20.3. The Hall–Kier alpha value is -5.67. The molecule has 17 nitrogen and oxygen atoms in total. The monoisotopic (exact) mass is 1200 g/mol. The highest BCUT2D eigenvalue weighted by Gasteiger charge is 2.44. The molecule has 0 unspecified atom stereocenters. The summed E-state index contributed by atoms with van der Waals surface area (Å²) in [6.07, 6.45) is 3.38. The van der Waals surface area contributed by atoms with E-state index in [2.05, 4.69) is 34.3 Å². The molecule has 7 rings (SSSR count). The van der Waals surface area contributed by atoms with Gasteiger partial charge in [-0.25, -0.2) is 23.4 Å². The number of rotatable bonds is 28. The van der Waals surface area contributed by atoms with Gasteiger partial charge in [-0.1, -0.05) is 80.9 Å². The molecule has 0 aliphatic carbocycles. The Balaban J connectivity index is 0.777. The largest absolute Gasteiger partial charge is 0.491 e. The second kappa shape index (κ2) is 29.9. The minimum Gasteiger partial charge on any atom is -0.491 e. The Labute approximate surface area is 499 Å². The SMILES string of the molecule is Cc1cc(Cc2ncc(Cl)c(Cc3ccccc3S(=O)(=O)C(C)C)n2)c(OC(C)C)cc1C1CCN(C(=O)CCOCCOCCOCCC(=O)C[C@H](C(=O)N2C[C@H](O)C[C@H]2C(=O)NCc2ccc(-c3scnc3C)cc2)C(C)(C)C)CC1. The number of amides is 3. The lowest BCUT2D eigenvalue weighted by Gasteiger charge is -2.34. The van der Waals surface area contributed by atoms with Crippen LogP contribution in [0.1, 0.15) is 138 Å². The van der Waals surface area contributed by atoms with Crippen LogP contribution in [0.5, 0.6) is 5.75 Å². The van der Waals surface area contributed by atoms with E-state index in [9.17, 15) is 32.7 Å². The van der Waals surface area contributed by atoms with Crippen molar-refractivity contribution >= 4 is 56.3 Å². The third-order valence-electron chi connectivity index (χ3n) is 15.4. The first-order chi connectivity index (χ1) is 39.5. The van der Waals surface area contributed by atoms with E-state index in [1.807, 2.05) is 82.3 Å². The Kier molecular flexibility index (Phi) is 23.4. The van der Waals surface area contributed by atoms with E-state index in [0.717, 1.165) is 51.4 Å². The number of halogens is 1. The minimum absolute atomic E-state index is 0.0139. The van der Waals surface area contributed by atoms with Crippen molar-refractivity contribution < 1.29 is 51.6 Å². The zero-order valence-corrected chi connectivity index (χ0v) is 52.0. The number of nitrogens with zero attached hydrogens (tertiary/aromatic N) is 5. The highest BCUT2D eigenvalue weighted by atomic mass is 35.5. The number of carbonyl (C=O) groups excluding carboxylic acids is 4. The third-order valence-corrected chi connectivity index (χ3v) is 18.9. The average molecular weight is 1200 g/mol. The van der Waals surface area contributed by atoms with E-state index in [1.54, 1.807) is 49.6 Å². The van der Waals surface area contributed by atoms with E-state index in [-0.39, 0.29) is 105 Å². The first-order valence-corrected chi connectivity index (χ1v) is 31.7. The molecule has 3 amide bonds. The first-order valence-electron chi connectivity index (χ1n) is 28.9. The van der Waals surface area contributed by atoms with Crippen LogP contribution in [0.4, 0.5) is 0 Å². The van der Waals surface area contributed by atoms with Gasteiger partial charge in [-0.3, -0.25) is 19.2 Å². The molecule has 5 aromatic rings. The third kappa shape index (κ3) is 17.9. The molecule has 0 spiro atoms. The van der Waals surface area contributed by atoms with Crippen molar-refractivity contribution in [2.24, 2.45) is 11.3 Å². The smallest absolute Gasteiger partial charge is 0.243 e. The Bertz CT molecular complexity index is 3120. The lowest BCUT2D eigenvalue weighted by Crippen LogP contribution is -2.50. The number of aliphatic hydroxyl groups excluding tert-OH is 1. The molecule has 2 saturated heterocycles. The zero-order chi connectivity index (χ0) is 60.0. The van der Waals surface area contributed by atoms with E-state index >= 15 is 0 Å². The van der Waals surface area contributed by atoms with Crippen molar-refractivity contribution in [3.8, 4) is 16.2 Å². The fourth-order valence-corrected chi connectivity index (χ4v) is 12.9. The number of carbonyl (C=O) groups is 4. The zero-order valence-electron chi connectivity index (χ0n) is 49.6. The second-order valence-corrected chi connectivity index (χ2v) is 27.1. The molecule has 0 radical (unpaired) electrons. The summed E-state index contributed by atoms with van der Waals surface area (Å²) < 4.78 is 49.8. The summed E-state index contributed by atoms with van der Waals surface area (Å²) in [6, 6.07) is 18.3. The van der Waals surface area contributed by atoms with Gasteiger partial charge in [0.2, 0.25) is 17.7 Å². The van der Waals surface area contributed by atoms with Crippen LogP contribution >= 0.6 is 22.9 Å². The van der Waals surface area contributed by atoms with Gasteiger partial charge in [0, 0.05) is 76.0 Å². The number of nitrogens with one attached hydrogen (secondary N) is 1. The summed E-state index contributed by atoms with van der Waals surface area (Å²) in [5.74, 6) is 0.0878. The maximum absolute atomic E-state index is 14.1. The van der Waals surface area contributed by atoms with Crippen LogP contribution in [0, 0.1) is 25.2 Å². The normalized spacial score (nSPS) is 16.4. The highest BCUT2D eigenvalue weighted by Crippen LogP contribution is 2.37. The summed E-state index contributed by atoms with van der Waals surface area (Å²) >= 11 is 8.18. The second-order valence-electron chi connectivity index (χ2n) is 23.4. The van der Waals surface area contributed by atoms with Gasteiger partial charge in [0.15, 0.2) is 9.84 Å². The Morgan fingerprint density at radius 1 is 0.855 bits per heavy atom. The molecule has 2 aliphatic heterocycles. The number of Topliss-reactive ketones (excluding diaryl/α,β-unsaturated/α-hetero) is 1. The molecular weight excluding hydrogens is 1120 g/mol. The summed E-state index contributed by atoms with van der Waals surface area (Å²) in [5, 5.41) is 13.4. The van der Waals surface area contributed by atoms with Gasteiger partial charge in [-0.05, 0) is 106 Å². The van der Waals surface area contributed by atoms with Crippen molar-refractivity contribution in [3.05, 3.63) is 122 Å². The summed E-state index contributed by atoms with van der Waals surface area (Å²) in [7, 11) is -3.52. The molecule has 83 heavy (non-hydrogen) atoms. The highest BCUT2D eigenvalue weighted by molar-refractivity contribution is 7.92. The number of sulfone groups is 1. The fraction of sp³-hybridized carbons (Fsp3) is 0.540. The van der Waals surface area contributed by atoms with Crippen molar-refractivity contribution in [3.63, 3.8) is 0 Å². The van der Waals surface area contributed by atoms with Crippen molar-refractivity contribution in [2.45, 2.75) is 155 Å². The molecule has 2 aromatic heterocycles. The lowest BCUT2D eigenvalue weighted by atomic mass is 9.76. The summed E-state index contributed by atoms with van der Waals surface area (Å²) in [5.41, 5.74) is 8.56. The van der Waals surface area contributed by atoms with Crippen LogP contribution < -0.4 is 10.1 Å². The molecule has 4 heterocycles. The number of β-amino-alcohol motifs (C(OH)–C–C–N with tert-alkyl or cyclic N) is 1. The molecule has 450 valence electrons. The van der Waals surface area contributed by atoms with Crippen molar-refractivity contribution in [1.29, 1.82) is 0 Å². The number of likely N-dealkylation sites (tertiary alicyclic amines) is 2. The van der Waals surface area contributed by atoms with Gasteiger partial charge in [-0.2, -0.15) is 0 Å². The van der Waals surface area contributed by atoms with Crippen LogP contribution in [-0.2, 0) is 62.6 Å². The number of ketones is 1. The Morgan fingerprint density at radius 3 is 2.16 bits per heavy atom. The molecule has 20 heteroatoms. The van der Waals surface area contributed by atoms with Crippen LogP contribution in [0.25, 0.3) is 10.4 Å². The van der Waals surface area contributed by atoms with E-state index in [0.29, 0.717) is 61.4 Å². The lowest BCUT2D eigenvalue weighted by molar-refractivity contribution is -0.146. The Morgan fingerprint density at radius 2 is 1.52 bits per heavy atom. The molecule has 2 N–H and O–H groups in total. The molecule has 0 saturated carbocycles.